The van der Waals surface area contributed by atoms with Crippen molar-refractivity contribution in [2.75, 3.05) is 26.7 Å². The Balaban J connectivity index is 1.89. The summed E-state index contributed by atoms with van der Waals surface area (Å²) in [4.78, 5) is 26.6. The van der Waals surface area contributed by atoms with Gasteiger partial charge in [0.25, 0.3) is 5.91 Å². The molecule has 1 aromatic carbocycles. The molecule has 2 amide bonds. The second kappa shape index (κ2) is 10.0. The SMILES string of the molecule is CCCCCNC(=O)C1CCN(C(=O)c2cc(Cl)c(OC)c(Cl)c2)CC1. The van der Waals surface area contributed by atoms with E-state index in [0.717, 1.165) is 25.8 Å². The quantitative estimate of drug-likeness (QED) is 0.698. The fourth-order valence-corrected chi connectivity index (χ4v) is 3.78. The van der Waals surface area contributed by atoms with Crippen molar-refractivity contribution in [3.63, 3.8) is 0 Å². The average Bonchev–Trinajstić information content (AvgIpc) is 2.64. The Morgan fingerprint density at radius 3 is 2.35 bits per heavy atom. The molecule has 2 rings (SSSR count). The smallest absolute Gasteiger partial charge is 0.253 e. The number of rotatable bonds is 7. The summed E-state index contributed by atoms with van der Waals surface area (Å²) in [6.45, 7) is 3.96. The number of nitrogens with zero attached hydrogens (tertiary/aromatic N) is 1. The number of methoxy groups -OCH3 is 1. The van der Waals surface area contributed by atoms with Gasteiger partial charge in [0.05, 0.1) is 17.2 Å². The van der Waals surface area contributed by atoms with E-state index < -0.39 is 0 Å². The summed E-state index contributed by atoms with van der Waals surface area (Å²) in [7, 11) is 1.48. The molecular formula is C19H26Cl2N2O3. The van der Waals surface area contributed by atoms with Crippen LogP contribution in [0.5, 0.6) is 5.75 Å². The molecule has 0 unspecified atom stereocenters. The van der Waals surface area contributed by atoms with Crippen molar-refractivity contribution in [2.24, 2.45) is 5.92 Å². The van der Waals surface area contributed by atoms with Gasteiger partial charge < -0.3 is 15.0 Å². The lowest BCUT2D eigenvalue weighted by Crippen LogP contribution is -2.43. The van der Waals surface area contributed by atoms with Crippen LogP contribution in [0.15, 0.2) is 12.1 Å². The third-order valence-electron chi connectivity index (χ3n) is 4.68. The van der Waals surface area contributed by atoms with Crippen LogP contribution < -0.4 is 10.1 Å². The van der Waals surface area contributed by atoms with Gasteiger partial charge in [-0.1, -0.05) is 43.0 Å². The summed E-state index contributed by atoms with van der Waals surface area (Å²) in [5.74, 6) is 0.314. The van der Waals surface area contributed by atoms with Gasteiger partial charge in [0.1, 0.15) is 0 Å². The third kappa shape index (κ3) is 5.27. The van der Waals surface area contributed by atoms with Crippen molar-refractivity contribution < 1.29 is 14.3 Å². The minimum absolute atomic E-state index is 0.0243. The summed E-state index contributed by atoms with van der Waals surface area (Å²) in [5, 5.41) is 3.62. The van der Waals surface area contributed by atoms with Crippen LogP contribution in [0.25, 0.3) is 0 Å². The van der Waals surface area contributed by atoms with Crippen molar-refractivity contribution >= 4 is 35.0 Å². The number of benzene rings is 1. The Hall–Kier alpha value is -1.46. The number of ether oxygens (including phenoxy) is 1. The number of nitrogens with one attached hydrogen (secondary N) is 1. The molecule has 0 spiro atoms. The maximum absolute atomic E-state index is 12.7. The first-order chi connectivity index (χ1) is 12.5. The molecule has 0 saturated carbocycles. The van der Waals surface area contributed by atoms with E-state index in [1.165, 1.54) is 7.11 Å². The predicted octanol–water partition coefficient (Wildman–Crippen LogP) is 4.16. The van der Waals surface area contributed by atoms with Crippen LogP contribution in [0.2, 0.25) is 10.0 Å². The molecule has 1 saturated heterocycles. The number of amides is 2. The van der Waals surface area contributed by atoms with Crippen molar-refractivity contribution in [1.82, 2.24) is 10.2 Å². The highest BCUT2D eigenvalue weighted by Crippen LogP contribution is 2.34. The van der Waals surface area contributed by atoms with E-state index in [1.54, 1.807) is 17.0 Å². The van der Waals surface area contributed by atoms with Crippen molar-refractivity contribution in [3.05, 3.63) is 27.7 Å². The number of unbranched alkanes of at least 4 members (excludes halogenated alkanes) is 2. The highest BCUT2D eigenvalue weighted by Gasteiger charge is 2.28. The Bertz CT molecular complexity index is 621. The Labute approximate surface area is 165 Å². The van der Waals surface area contributed by atoms with Crippen LogP contribution in [0, 0.1) is 5.92 Å². The van der Waals surface area contributed by atoms with Gasteiger partial charge in [-0.15, -0.1) is 0 Å². The lowest BCUT2D eigenvalue weighted by atomic mass is 9.95. The van der Waals surface area contributed by atoms with Crippen LogP contribution in [0.1, 0.15) is 49.4 Å². The molecule has 1 N–H and O–H groups in total. The van der Waals surface area contributed by atoms with Crippen LogP contribution in [0.4, 0.5) is 0 Å². The predicted molar refractivity (Wildman–Crippen MR) is 104 cm³/mol. The van der Waals surface area contributed by atoms with Gasteiger partial charge in [0.2, 0.25) is 5.91 Å². The maximum atomic E-state index is 12.7. The zero-order chi connectivity index (χ0) is 19.1. The van der Waals surface area contributed by atoms with Gasteiger partial charge in [0, 0.05) is 31.1 Å². The molecule has 0 bridgehead atoms. The van der Waals surface area contributed by atoms with Crippen molar-refractivity contribution in [2.45, 2.75) is 39.0 Å². The molecule has 0 atom stereocenters. The number of piperidine rings is 1. The van der Waals surface area contributed by atoms with E-state index in [0.29, 0.717) is 47.3 Å². The lowest BCUT2D eigenvalue weighted by molar-refractivity contribution is -0.126. The molecule has 1 aliphatic rings. The van der Waals surface area contributed by atoms with Crippen molar-refractivity contribution in [1.29, 1.82) is 0 Å². The van der Waals surface area contributed by atoms with Crippen LogP contribution in [-0.4, -0.2) is 43.5 Å². The first-order valence-corrected chi connectivity index (χ1v) is 9.83. The van der Waals surface area contributed by atoms with E-state index in [2.05, 4.69) is 12.2 Å². The van der Waals surface area contributed by atoms with Crippen molar-refractivity contribution in [3.8, 4) is 5.75 Å². The fraction of sp³-hybridized carbons (Fsp3) is 0.579. The summed E-state index contributed by atoms with van der Waals surface area (Å²) in [5.41, 5.74) is 0.434. The van der Waals surface area contributed by atoms with Crippen LogP contribution >= 0.6 is 23.2 Å². The fourth-order valence-electron chi connectivity index (χ4n) is 3.14. The molecular weight excluding hydrogens is 375 g/mol. The van der Waals surface area contributed by atoms with E-state index in [1.807, 2.05) is 0 Å². The molecule has 26 heavy (non-hydrogen) atoms. The van der Waals surface area contributed by atoms with E-state index in [-0.39, 0.29) is 17.7 Å². The Morgan fingerprint density at radius 1 is 1.19 bits per heavy atom. The summed E-state index contributed by atoms with van der Waals surface area (Å²) < 4.78 is 5.11. The number of likely N-dealkylation sites (tertiary alicyclic amines) is 1. The maximum Gasteiger partial charge on any atom is 0.253 e. The minimum Gasteiger partial charge on any atom is -0.494 e. The molecule has 1 aliphatic heterocycles. The normalized spacial score (nSPS) is 15.0. The molecule has 1 heterocycles. The first-order valence-electron chi connectivity index (χ1n) is 9.08. The summed E-state index contributed by atoms with van der Waals surface area (Å²) >= 11 is 12.2. The second-order valence-corrected chi connectivity index (χ2v) is 7.35. The van der Waals surface area contributed by atoms with Crippen LogP contribution in [0.3, 0.4) is 0 Å². The third-order valence-corrected chi connectivity index (χ3v) is 5.24. The summed E-state index contributed by atoms with van der Waals surface area (Å²) in [6, 6.07) is 3.14. The molecule has 144 valence electrons. The second-order valence-electron chi connectivity index (χ2n) is 6.54. The Morgan fingerprint density at radius 2 is 1.81 bits per heavy atom. The molecule has 7 heteroatoms. The molecule has 1 aromatic rings. The van der Waals surface area contributed by atoms with Gasteiger partial charge in [-0.05, 0) is 31.4 Å². The first kappa shape index (κ1) is 20.8. The van der Waals surface area contributed by atoms with E-state index >= 15 is 0 Å². The van der Waals surface area contributed by atoms with Gasteiger partial charge >= 0.3 is 0 Å². The zero-order valence-electron chi connectivity index (χ0n) is 15.3. The number of carbonyl (C=O) groups excluding carboxylic acids is 2. The van der Waals surface area contributed by atoms with E-state index in [9.17, 15) is 9.59 Å². The molecule has 0 radical (unpaired) electrons. The molecule has 5 nitrogen and oxygen atoms in total. The number of halogens is 2. The standard InChI is InChI=1S/C19H26Cl2N2O3/c1-3-4-5-8-22-18(24)13-6-9-23(10-7-13)19(25)14-11-15(20)17(26-2)16(21)12-14/h11-13H,3-10H2,1-2H3,(H,22,24). The number of hydrogen-bond donors (Lipinski definition) is 1. The lowest BCUT2D eigenvalue weighted by Gasteiger charge is -2.31. The van der Waals surface area contributed by atoms with Crippen LogP contribution in [-0.2, 0) is 4.79 Å². The monoisotopic (exact) mass is 400 g/mol. The number of hydrogen-bond acceptors (Lipinski definition) is 3. The molecule has 0 aliphatic carbocycles. The molecule has 0 aromatic heterocycles. The van der Waals surface area contributed by atoms with Gasteiger partial charge in [-0.25, -0.2) is 0 Å². The van der Waals surface area contributed by atoms with E-state index in [4.69, 9.17) is 27.9 Å². The zero-order valence-corrected chi connectivity index (χ0v) is 16.8. The summed E-state index contributed by atoms with van der Waals surface area (Å²) in [6.07, 6.45) is 4.61. The Kier molecular flexibility index (Phi) is 8.04. The van der Waals surface area contributed by atoms with Gasteiger partial charge in [-0.2, -0.15) is 0 Å². The topological polar surface area (TPSA) is 58.6 Å². The minimum atomic E-state index is -0.127. The highest BCUT2D eigenvalue weighted by molar-refractivity contribution is 6.37. The van der Waals surface area contributed by atoms with Gasteiger partial charge in [0.15, 0.2) is 5.75 Å². The highest BCUT2D eigenvalue weighted by atomic mass is 35.5. The largest absolute Gasteiger partial charge is 0.494 e. The average molecular weight is 401 g/mol. The number of carbonyl (C=O) groups is 2. The van der Waals surface area contributed by atoms with Gasteiger partial charge in [-0.3, -0.25) is 9.59 Å². The molecule has 1 fully saturated rings.